The van der Waals surface area contributed by atoms with Gasteiger partial charge in [0.1, 0.15) is 22.7 Å². The third-order valence-corrected chi connectivity index (χ3v) is 14.4. The second-order valence-electron chi connectivity index (χ2n) is 24.2. The van der Waals surface area contributed by atoms with Gasteiger partial charge in [0, 0.05) is 47.4 Å². The second-order valence-corrected chi connectivity index (χ2v) is 25.3. The first-order chi connectivity index (χ1) is 44.1. The van der Waals surface area contributed by atoms with E-state index in [1.807, 2.05) is 24.3 Å². The van der Waals surface area contributed by atoms with E-state index >= 15 is 0 Å². The molecule has 0 aliphatic heterocycles. The van der Waals surface area contributed by atoms with E-state index in [1.165, 1.54) is 13.8 Å². The van der Waals surface area contributed by atoms with Crippen LogP contribution in [0.25, 0.3) is 0 Å². The second kappa shape index (κ2) is 45.8. The van der Waals surface area contributed by atoms with Crippen LogP contribution in [-0.2, 0) is 65.4 Å². The normalized spacial score (nSPS) is 13.4. The van der Waals surface area contributed by atoms with Gasteiger partial charge < -0.3 is 71.1 Å². The minimum Gasteiger partial charge on any atom is -1.00 e. The van der Waals surface area contributed by atoms with E-state index in [0.29, 0.717) is 84.3 Å². The van der Waals surface area contributed by atoms with E-state index in [0.717, 1.165) is 36.8 Å². The molecule has 0 aromatic heterocycles. The number of ether oxygens (including phenoxy) is 7. The van der Waals surface area contributed by atoms with Gasteiger partial charge in [0.25, 0.3) is 18.3 Å². The fraction of sp³-hybridized carbons (Fsp3) is 0.500. The molecular formula is C66H88Cl3Cs2FN4O19. The number of rotatable bonds is 24. The van der Waals surface area contributed by atoms with Crippen LogP contribution in [0.3, 0.4) is 0 Å². The van der Waals surface area contributed by atoms with Crippen LogP contribution in [0.2, 0.25) is 10.0 Å². The number of nitrogens with one attached hydrogen (secondary N) is 4. The molecule has 2 fully saturated rings. The molecule has 23 nitrogen and oxygen atoms in total. The molecule has 516 valence electrons. The van der Waals surface area contributed by atoms with Crippen molar-refractivity contribution >= 4 is 89.2 Å². The van der Waals surface area contributed by atoms with Gasteiger partial charge in [0.15, 0.2) is 17.3 Å². The van der Waals surface area contributed by atoms with Crippen molar-refractivity contribution in [3.63, 3.8) is 0 Å². The summed E-state index contributed by atoms with van der Waals surface area (Å²) in [6.07, 6.45) is 6.20. The number of alkyl halides is 2. The Balaban J connectivity index is 0. The average Bonchev–Trinajstić information content (AvgIpc) is 1.76. The molecule has 4 amide bonds. The maximum absolute atomic E-state index is 13.0. The Labute approximate surface area is 691 Å². The molecule has 29 heteroatoms. The molecule has 0 atom stereocenters. The molecule has 0 bridgehead atoms. The molecular weight excluding hydrogens is 1540 g/mol. The first kappa shape index (κ1) is 89.2. The standard InChI is InChI=1S/C32H41ClN2O8.C19H20ClNO4.C13H22ClNO4.CH3F.CH2O3.2Cs.H/c1-30(2,3)43-29(39)35-20-32(17-6-7-18-32)28(38)41-21-40-27(37)31(4,5)42-25-14-8-22(9-15-25)16-19-34-26(36)23-10-12-24(33)13-11-23;1-19(2,18(23)24)25-16-9-3-13(4-10-16)11-12-21-17(22)14-5-7-15(20)8-6-14;1-12(2,3)19-11(17)15-8-13(6-4-5-7-13)10(16)18-9-14;1-2;2-1-4-3;;;/h8-15H,6-7,16-21H2,1-5H3,(H,34,36)(H,35,39);3-10H,11-12H2,1-2H3,(H,21,22)(H,23,24);4-9H2,1-3H3,(H,15,17);1H3;1,3H;;;/q;;;;;2*+1;-1/p-1/i;;;1D;;;;. The summed E-state index contributed by atoms with van der Waals surface area (Å²) in [5, 5.41) is 29.7. The Morgan fingerprint density at radius 2 is 0.916 bits per heavy atom. The molecule has 4 aromatic rings. The number of aliphatic carboxylic acids is 1. The van der Waals surface area contributed by atoms with Gasteiger partial charge >= 0.3 is 174 Å². The molecule has 0 heterocycles. The number of halogens is 4. The number of carbonyl (C=O) groups is 9. The number of esters is 3. The number of benzene rings is 4. The van der Waals surface area contributed by atoms with Gasteiger partial charge in [-0.15, -0.1) is 0 Å². The van der Waals surface area contributed by atoms with Crippen molar-refractivity contribution in [3.05, 3.63) is 129 Å². The molecule has 0 unspecified atom stereocenters. The number of amides is 4. The molecule has 4 aromatic carbocycles. The van der Waals surface area contributed by atoms with Gasteiger partial charge in [-0.25, -0.2) is 19.2 Å². The van der Waals surface area contributed by atoms with Crippen molar-refractivity contribution in [1.29, 1.82) is 0 Å². The molecule has 2 saturated carbocycles. The zero-order chi connectivity index (χ0) is 70.8. The van der Waals surface area contributed by atoms with Crippen LogP contribution < -0.4 is 174 Å². The maximum Gasteiger partial charge on any atom is 1.00 e. The predicted molar refractivity (Wildman–Crippen MR) is 344 cm³/mol. The zero-order valence-electron chi connectivity index (χ0n) is 58.1. The van der Waals surface area contributed by atoms with Crippen molar-refractivity contribution in [3.8, 4) is 11.5 Å². The number of hydrogen-bond acceptors (Lipinski definition) is 18. The Morgan fingerprint density at radius 1 is 0.579 bits per heavy atom. The van der Waals surface area contributed by atoms with Gasteiger partial charge in [-0.1, -0.05) is 84.8 Å². The number of alkyl carbamates (subject to hydrolysis) is 2. The molecule has 0 spiro atoms. The summed E-state index contributed by atoms with van der Waals surface area (Å²) in [6, 6.07) is 27.5. The Morgan fingerprint density at radius 3 is 1.23 bits per heavy atom. The van der Waals surface area contributed by atoms with E-state index in [1.54, 1.807) is 128 Å². The molecule has 0 saturated heterocycles. The number of carbonyl (C=O) groups excluding carboxylic acids is 8. The first-order valence-corrected chi connectivity index (χ1v) is 30.8. The molecule has 0 radical (unpaired) electrons. The summed E-state index contributed by atoms with van der Waals surface area (Å²) in [5.41, 5.74) is -2.32. The minimum absolute atomic E-state index is 0. The van der Waals surface area contributed by atoms with E-state index in [2.05, 4.69) is 26.2 Å². The van der Waals surface area contributed by atoms with Crippen molar-refractivity contribution in [1.82, 2.24) is 21.3 Å². The maximum atomic E-state index is 13.0. The topological polar surface area (TPSA) is 319 Å². The number of hydrogen-bond donors (Lipinski definition) is 5. The van der Waals surface area contributed by atoms with Gasteiger partial charge in [0.05, 0.1) is 19.4 Å². The summed E-state index contributed by atoms with van der Waals surface area (Å²) < 4.78 is 52.7. The summed E-state index contributed by atoms with van der Waals surface area (Å²) in [6.45, 7) is 17.2. The van der Waals surface area contributed by atoms with Crippen molar-refractivity contribution < 1.29 is 237 Å². The minimum atomic E-state index is -1.36. The largest absolute Gasteiger partial charge is 1.00 e. The van der Waals surface area contributed by atoms with Crippen LogP contribution in [0, 0.1) is 10.8 Å². The molecule has 2 aliphatic rings. The summed E-state index contributed by atoms with van der Waals surface area (Å²) in [5.74, 6) is -2.00. The van der Waals surface area contributed by atoms with Crippen LogP contribution >= 0.6 is 34.8 Å². The van der Waals surface area contributed by atoms with Crippen molar-refractivity contribution in [2.75, 3.05) is 46.2 Å². The Hall–Kier alpha value is -3.83. The van der Waals surface area contributed by atoms with E-state index in [9.17, 15) is 42.7 Å². The number of carboxylic acid groups (broad SMARTS) is 1. The molecule has 2 aliphatic carbocycles. The molecule has 5 N–H and O–H groups in total. The third kappa shape index (κ3) is 35.7. The fourth-order valence-corrected chi connectivity index (χ4v) is 9.31. The Bertz CT molecular complexity index is 3050. The molecule has 6 rings (SSSR count). The average molecular weight is 1630 g/mol. The monoisotopic (exact) mass is 1630 g/mol. The van der Waals surface area contributed by atoms with Gasteiger partial charge in [-0.2, -0.15) is 0 Å². The quantitative estimate of drug-likeness (QED) is 0.0116. The smallest absolute Gasteiger partial charge is 1.00 e. The van der Waals surface area contributed by atoms with E-state index in [4.69, 9.17) is 84.5 Å². The Kier molecular flexibility index (Phi) is 43.0. The predicted octanol–water partition coefficient (Wildman–Crippen LogP) is 5.11. The summed E-state index contributed by atoms with van der Waals surface area (Å²) >= 11 is 17.1. The third-order valence-electron chi connectivity index (χ3n) is 13.7. The van der Waals surface area contributed by atoms with Crippen LogP contribution in [-0.4, -0.2) is 128 Å². The van der Waals surface area contributed by atoms with Crippen LogP contribution in [0.1, 0.15) is 155 Å². The van der Waals surface area contributed by atoms with Gasteiger partial charge in [-0.05, 0) is 192 Å². The van der Waals surface area contributed by atoms with Crippen molar-refractivity contribution in [2.24, 2.45) is 10.8 Å². The first-order valence-electron chi connectivity index (χ1n) is 30.3. The van der Waals surface area contributed by atoms with E-state index in [-0.39, 0.29) is 183 Å². The summed E-state index contributed by atoms with van der Waals surface area (Å²) in [4.78, 5) is 108. The van der Waals surface area contributed by atoms with Crippen LogP contribution in [0.15, 0.2) is 97.1 Å². The fourth-order valence-electron chi connectivity index (χ4n) is 8.96. The van der Waals surface area contributed by atoms with Crippen LogP contribution in [0.4, 0.5) is 14.0 Å². The van der Waals surface area contributed by atoms with E-state index < -0.39 is 77.3 Å². The van der Waals surface area contributed by atoms with Gasteiger partial charge in [0.2, 0.25) is 6.79 Å². The van der Waals surface area contributed by atoms with Crippen LogP contribution in [0.5, 0.6) is 11.5 Å². The molecule has 95 heavy (non-hydrogen) atoms. The zero-order valence-corrected chi connectivity index (χ0v) is 71.0. The SMILES string of the molecule is CC(C)(C)OC(=O)NCC1(C(=O)OCCl)CCCC1.CC(C)(C)OC(=O)NCC1(C(=O)OCOC(=O)C(C)(C)Oc2ccc(CCNC(=O)c3ccc(Cl)cc3)cc2)CCCC1.CC(C)(Oc1ccc(CCNC(=O)c2ccc(Cl)cc2)cc1)C(=O)O.O=CO[O-].[2H]CF.[Cs+].[Cs+].[H-]. The summed E-state index contributed by atoms with van der Waals surface area (Å²) in [7, 11) is -1.00. The number of carboxylic acids is 1. The van der Waals surface area contributed by atoms with Crippen molar-refractivity contribution in [2.45, 2.75) is 156 Å². The van der Waals surface area contributed by atoms with Gasteiger partial charge in [-0.3, -0.25) is 28.4 Å².